The maximum absolute atomic E-state index is 12.8. The molecule has 3 aromatic rings. The Kier molecular flexibility index (Phi) is 5.04. The summed E-state index contributed by atoms with van der Waals surface area (Å²) in [7, 11) is 0. The lowest BCUT2D eigenvalue weighted by Gasteiger charge is -2.07. The molecule has 1 aromatic carbocycles. The molecule has 4 nitrogen and oxygen atoms in total. The minimum Gasteiger partial charge on any atom is -0.466 e. The fraction of sp³-hybridized carbons (Fsp3) is 0.200. The Morgan fingerprint density at radius 2 is 1.84 bits per heavy atom. The molecule has 0 saturated heterocycles. The summed E-state index contributed by atoms with van der Waals surface area (Å²) in [4.78, 5) is 24.6. The van der Waals surface area contributed by atoms with Crippen LogP contribution < -0.4 is 0 Å². The van der Waals surface area contributed by atoms with Crippen LogP contribution in [0.2, 0.25) is 0 Å². The molecule has 5 heteroatoms. The predicted molar refractivity (Wildman–Crippen MR) is 101 cm³/mol. The van der Waals surface area contributed by atoms with E-state index >= 15 is 0 Å². The molecule has 0 aliphatic heterocycles. The van der Waals surface area contributed by atoms with Crippen LogP contribution in [-0.4, -0.2) is 22.8 Å². The molecular weight excluding hydrogens is 382 g/mol. The Morgan fingerprint density at radius 3 is 2.52 bits per heavy atom. The van der Waals surface area contributed by atoms with Gasteiger partial charge in [-0.2, -0.15) is 0 Å². The van der Waals surface area contributed by atoms with Crippen LogP contribution in [-0.2, 0) is 9.53 Å². The number of ether oxygens (including phenoxy) is 1. The van der Waals surface area contributed by atoms with Gasteiger partial charge < -0.3 is 9.14 Å². The number of esters is 1. The van der Waals surface area contributed by atoms with Crippen LogP contribution in [0.25, 0.3) is 16.6 Å². The molecule has 2 aromatic heterocycles. The van der Waals surface area contributed by atoms with E-state index < -0.39 is 5.97 Å². The van der Waals surface area contributed by atoms with E-state index in [2.05, 4.69) is 15.9 Å². The van der Waals surface area contributed by atoms with Crippen LogP contribution in [0, 0.1) is 6.92 Å². The first-order valence-corrected chi connectivity index (χ1v) is 8.85. The minimum absolute atomic E-state index is 0.250. The first kappa shape index (κ1) is 17.4. The molecule has 0 aliphatic rings. The van der Waals surface area contributed by atoms with E-state index in [1.807, 2.05) is 60.0 Å². The molecule has 0 fully saturated rings. The fourth-order valence-corrected chi connectivity index (χ4v) is 3.12. The van der Waals surface area contributed by atoms with Gasteiger partial charge in [0, 0.05) is 21.7 Å². The monoisotopic (exact) mass is 399 g/mol. The van der Waals surface area contributed by atoms with Crippen molar-refractivity contribution < 1.29 is 14.3 Å². The summed E-state index contributed by atoms with van der Waals surface area (Å²) < 4.78 is 7.73. The first-order chi connectivity index (χ1) is 12.0. The van der Waals surface area contributed by atoms with Crippen molar-refractivity contribution in [2.75, 3.05) is 6.61 Å². The zero-order valence-electron chi connectivity index (χ0n) is 14.1. The van der Waals surface area contributed by atoms with Gasteiger partial charge in [-0.25, -0.2) is 0 Å². The van der Waals surface area contributed by atoms with E-state index in [0.717, 1.165) is 26.7 Å². The molecule has 0 amide bonds. The van der Waals surface area contributed by atoms with Crippen molar-refractivity contribution >= 4 is 33.2 Å². The number of hydrogen-bond donors (Lipinski definition) is 0. The molecule has 0 N–H and O–H groups in total. The third kappa shape index (κ3) is 3.66. The average molecular weight is 400 g/mol. The largest absolute Gasteiger partial charge is 0.466 e. The highest BCUT2D eigenvalue weighted by Gasteiger charge is 2.21. The Balaban J connectivity index is 2.13. The van der Waals surface area contributed by atoms with Crippen LogP contribution in [0.4, 0.5) is 0 Å². The number of benzene rings is 1. The summed E-state index contributed by atoms with van der Waals surface area (Å²) in [6.07, 6.45) is 1.60. The molecule has 0 spiro atoms. The van der Waals surface area contributed by atoms with Gasteiger partial charge in [-0.3, -0.25) is 9.59 Å². The van der Waals surface area contributed by atoms with Gasteiger partial charge in [0.25, 0.3) is 0 Å². The number of Topliss-reactive ketones (excluding diaryl/α,β-unsaturated/α-hetero) is 1. The van der Waals surface area contributed by atoms with Gasteiger partial charge in [0.05, 0.1) is 12.3 Å². The van der Waals surface area contributed by atoms with Gasteiger partial charge in [0.1, 0.15) is 6.42 Å². The summed E-state index contributed by atoms with van der Waals surface area (Å²) in [5.41, 5.74) is 4.27. The molecule has 0 aliphatic carbocycles. The number of pyridine rings is 1. The number of carbonyl (C=O) groups is 2. The highest BCUT2D eigenvalue weighted by molar-refractivity contribution is 9.10. The second kappa shape index (κ2) is 7.23. The number of nitrogens with zero attached hydrogens (tertiary/aromatic N) is 1. The number of hydrogen-bond acceptors (Lipinski definition) is 3. The van der Waals surface area contributed by atoms with E-state index in [9.17, 15) is 9.59 Å². The molecule has 3 rings (SSSR count). The molecular formula is C20H18BrNO3. The van der Waals surface area contributed by atoms with Crippen LogP contribution in [0.3, 0.4) is 0 Å². The lowest BCUT2D eigenvalue weighted by molar-refractivity contribution is -0.141. The van der Waals surface area contributed by atoms with Crippen molar-refractivity contribution in [3.8, 4) is 11.1 Å². The van der Waals surface area contributed by atoms with Crippen molar-refractivity contribution in [2.24, 2.45) is 0 Å². The second-order valence-electron chi connectivity index (χ2n) is 5.82. The normalized spacial score (nSPS) is 10.8. The van der Waals surface area contributed by atoms with Crippen LogP contribution in [0.15, 0.2) is 53.1 Å². The zero-order valence-corrected chi connectivity index (χ0v) is 15.7. The minimum atomic E-state index is -0.503. The molecule has 0 unspecified atom stereocenters. The van der Waals surface area contributed by atoms with Gasteiger partial charge in [0.2, 0.25) is 0 Å². The van der Waals surface area contributed by atoms with Gasteiger partial charge in [-0.15, -0.1) is 0 Å². The highest BCUT2D eigenvalue weighted by atomic mass is 79.9. The third-order valence-electron chi connectivity index (χ3n) is 3.96. The number of rotatable bonds is 5. The summed E-state index contributed by atoms with van der Waals surface area (Å²) in [6, 6.07) is 13.7. The van der Waals surface area contributed by atoms with Crippen molar-refractivity contribution in [2.45, 2.75) is 20.3 Å². The van der Waals surface area contributed by atoms with E-state index in [1.165, 1.54) is 0 Å². The average Bonchev–Trinajstić information content (AvgIpc) is 2.94. The topological polar surface area (TPSA) is 47.8 Å². The summed E-state index contributed by atoms with van der Waals surface area (Å²) in [6.45, 7) is 4.00. The number of aromatic nitrogens is 1. The van der Waals surface area contributed by atoms with Crippen LogP contribution in [0.1, 0.15) is 29.4 Å². The van der Waals surface area contributed by atoms with Crippen LogP contribution >= 0.6 is 15.9 Å². The van der Waals surface area contributed by atoms with Crippen molar-refractivity contribution in [3.63, 3.8) is 0 Å². The molecule has 2 heterocycles. The molecule has 128 valence electrons. The van der Waals surface area contributed by atoms with E-state index in [0.29, 0.717) is 5.69 Å². The molecule has 0 bridgehead atoms. The number of halogens is 1. The molecule has 0 radical (unpaired) electrons. The fourth-order valence-electron chi connectivity index (χ4n) is 2.85. The number of aryl methyl sites for hydroxylation is 1. The maximum atomic E-state index is 12.8. The maximum Gasteiger partial charge on any atom is 0.313 e. The van der Waals surface area contributed by atoms with Gasteiger partial charge in [0.15, 0.2) is 5.78 Å². The Morgan fingerprint density at radius 1 is 1.12 bits per heavy atom. The summed E-state index contributed by atoms with van der Waals surface area (Å²) in [5, 5.41) is 0. The Bertz CT molecular complexity index is 941. The van der Waals surface area contributed by atoms with E-state index in [4.69, 9.17) is 4.74 Å². The molecule has 0 saturated carbocycles. The van der Waals surface area contributed by atoms with Crippen molar-refractivity contribution in [3.05, 3.63) is 64.4 Å². The first-order valence-electron chi connectivity index (χ1n) is 8.06. The Labute approximate surface area is 154 Å². The van der Waals surface area contributed by atoms with Gasteiger partial charge >= 0.3 is 5.97 Å². The van der Waals surface area contributed by atoms with Crippen molar-refractivity contribution in [1.82, 2.24) is 4.40 Å². The number of ketones is 1. The van der Waals surface area contributed by atoms with Gasteiger partial charge in [-0.05, 0) is 55.3 Å². The predicted octanol–water partition coefficient (Wildman–Crippen LogP) is 4.81. The molecule has 25 heavy (non-hydrogen) atoms. The number of fused-ring (bicyclic) bond motifs is 1. The standard InChI is InChI=1S/C20H18BrNO3/c1-3-25-19(24)12-18(23)20-17(14-4-6-15(21)7-5-14)11-16-10-13(2)8-9-22(16)20/h4-11H,3,12H2,1-2H3. The van der Waals surface area contributed by atoms with Crippen LogP contribution in [0.5, 0.6) is 0 Å². The lowest BCUT2D eigenvalue weighted by Crippen LogP contribution is -2.13. The number of carbonyl (C=O) groups excluding carboxylic acids is 2. The SMILES string of the molecule is CCOC(=O)CC(=O)c1c(-c2ccc(Br)cc2)cc2cc(C)ccn12. The van der Waals surface area contributed by atoms with E-state index in [-0.39, 0.29) is 18.8 Å². The Hall–Kier alpha value is -2.40. The smallest absolute Gasteiger partial charge is 0.313 e. The summed E-state index contributed by atoms with van der Waals surface area (Å²) in [5.74, 6) is -0.753. The highest BCUT2D eigenvalue weighted by Crippen LogP contribution is 2.30. The molecule has 0 atom stereocenters. The zero-order chi connectivity index (χ0) is 18.0. The van der Waals surface area contributed by atoms with E-state index in [1.54, 1.807) is 6.92 Å². The lowest BCUT2D eigenvalue weighted by atomic mass is 10.0. The summed E-state index contributed by atoms with van der Waals surface area (Å²) >= 11 is 3.43. The second-order valence-corrected chi connectivity index (χ2v) is 6.73. The van der Waals surface area contributed by atoms with Crippen molar-refractivity contribution in [1.29, 1.82) is 0 Å². The quantitative estimate of drug-likeness (QED) is 0.351. The third-order valence-corrected chi connectivity index (χ3v) is 4.49. The van der Waals surface area contributed by atoms with Gasteiger partial charge in [-0.1, -0.05) is 28.1 Å².